The van der Waals surface area contributed by atoms with Crippen LogP contribution in [-0.4, -0.2) is 31.3 Å². The molecule has 84 valence electrons. The van der Waals surface area contributed by atoms with Crippen molar-refractivity contribution < 1.29 is 5.11 Å². The Morgan fingerprint density at radius 2 is 1.73 bits per heavy atom. The minimum Gasteiger partial charge on any atom is -0.389 e. The van der Waals surface area contributed by atoms with Gasteiger partial charge < -0.3 is 15.3 Å². The van der Waals surface area contributed by atoms with E-state index in [1.807, 2.05) is 38.4 Å². The molecule has 0 saturated heterocycles. The molecule has 3 nitrogen and oxygen atoms in total. The molecule has 0 fully saturated rings. The van der Waals surface area contributed by atoms with Crippen LogP contribution in [0.5, 0.6) is 0 Å². The van der Waals surface area contributed by atoms with Crippen LogP contribution in [0.3, 0.4) is 0 Å². The minimum atomic E-state index is -0.680. The van der Waals surface area contributed by atoms with Crippen LogP contribution in [0.25, 0.3) is 0 Å². The molecule has 1 aromatic rings. The van der Waals surface area contributed by atoms with Crippen molar-refractivity contribution in [3.05, 3.63) is 24.3 Å². The number of hydrogen-bond acceptors (Lipinski definition) is 3. The van der Waals surface area contributed by atoms with Crippen molar-refractivity contribution in [1.82, 2.24) is 0 Å². The average molecular weight is 208 g/mol. The smallest absolute Gasteiger partial charge is 0.0763 e. The lowest BCUT2D eigenvalue weighted by molar-refractivity contribution is 0.0945. The van der Waals surface area contributed by atoms with Gasteiger partial charge in [-0.15, -0.1) is 0 Å². The van der Waals surface area contributed by atoms with E-state index >= 15 is 0 Å². The van der Waals surface area contributed by atoms with Crippen molar-refractivity contribution in [3.8, 4) is 0 Å². The number of nitrogens with one attached hydrogen (secondary N) is 1. The first-order valence-electron chi connectivity index (χ1n) is 5.12. The summed E-state index contributed by atoms with van der Waals surface area (Å²) in [6, 6.07) is 8.13. The number of aliphatic hydroxyl groups is 1. The van der Waals surface area contributed by atoms with Gasteiger partial charge in [-0.05, 0) is 38.1 Å². The lowest BCUT2D eigenvalue weighted by Crippen LogP contribution is -2.29. The SMILES string of the molecule is CN(C)c1ccc(NCC(C)(C)O)cc1. The molecule has 0 heterocycles. The Bertz CT molecular complexity index is 298. The van der Waals surface area contributed by atoms with Crippen LogP contribution in [0, 0.1) is 0 Å². The summed E-state index contributed by atoms with van der Waals surface area (Å²) in [4.78, 5) is 2.06. The predicted octanol–water partition coefficient (Wildman–Crippen LogP) is 1.94. The van der Waals surface area contributed by atoms with E-state index in [-0.39, 0.29) is 0 Å². The molecular formula is C12H20N2O. The number of hydrogen-bond donors (Lipinski definition) is 2. The Kier molecular flexibility index (Phi) is 3.58. The van der Waals surface area contributed by atoms with E-state index in [4.69, 9.17) is 0 Å². The van der Waals surface area contributed by atoms with Crippen LogP contribution in [0.15, 0.2) is 24.3 Å². The van der Waals surface area contributed by atoms with Crippen LogP contribution in [-0.2, 0) is 0 Å². The summed E-state index contributed by atoms with van der Waals surface area (Å²) in [5, 5.41) is 12.7. The number of nitrogens with zero attached hydrogens (tertiary/aromatic N) is 1. The second kappa shape index (κ2) is 4.53. The maximum atomic E-state index is 9.55. The highest BCUT2D eigenvalue weighted by Gasteiger charge is 2.11. The molecule has 2 N–H and O–H groups in total. The first-order chi connectivity index (χ1) is 6.88. The molecule has 1 rings (SSSR count). The van der Waals surface area contributed by atoms with Gasteiger partial charge in [-0.1, -0.05) is 0 Å². The minimum absolute atomic E-state index is 0.550. The van der Waals surface area contributed by atoms with E-state index in [9.17, 15) is 5.11 Å². The lowest BCUT2D eigenvalue weighted by atomic mass is 10.1. The Labute approximate surface area is 91.7 Å². The largest absolute Gasteiger partial charge is 0.389 e. The summed E-state index contributed by atoms with van der Waals surface area (Å²) < 4.78 is 0. The van der Waals surface area contributed by atoms with Crippen LogP contribution < -0.4 is 10.2 Å². The van der Waals surface area contributed by atoms with E-state index < -0.39 is 5.60 Å². The maximum Gasteiger partial charge on any atom is 0.0763 e. The number of benzene rings is 1. The highest BCUT2D eigenvalue weighted by molar-refractivity contribution is 5.54. The predicted molar refractivity (Wildman–Crippen MR) is 65.6 cm³/mol. The molecule has 0 aliphatic rings. The Morgan fingerprint density at radius 3 is 2.13 bits per heavy atom. The molecule has 0 radical (unpaired) electrons. The molecule has 0 saturated carbocycles. The monoisotopic (exact) mass is 208 g/mol. The Hall–Kier alpha value is -1.22. The van der Waals surface area contributed by atoms with Gasteiger partial charge in [-0.3, -0.25) is 0 Å². The van der Waals surface area contributed by atoms with Gasteiger partial charge in [0.2, 0.25) is 0 Å². The molecular weight excluding hydrogens is 188 g/mol. The van der Waals surface area contributed by atoms with Gasteiger partial charge in [-0.25, -0.2) is 0 Å². The first-order valence-corrected chi connectivity index (χ1v) is 5.12. The van der Waals surface area contributed by atoms with Gasteiger partial charge in [0, 0.05) is 32.0 Å². The van der Waals surface area contributed by atoms with Crippen molar-refractivity contribution in [2.45, 2.75) is 19.4 Å². The fourth-order valence-electron chi connectivity index (χ4n) is 1.20. The van der Waals surface area contributed by atoms with Gasteiger partial charge >= 0.3 is 0 Å². The van der Waals surface area contributed by atoms with Gasteiger partial charge in [-0.2, -0.15) is 0 Å². The quantitative estimate of drug-likeness (QED) is 0.793. The highest BCUT2D eigenvalue weighted by Crippen LogP contribution is 2.16. The third-order valence-electron chi connectivity index (χ3n) is 2.11. The third kappa shape index (κ3) is 4.21. The van der Waals surface area contributed by atoms with Gasteiger partial charge in [0.15, 0.2) is 0 Å². The van der Waals surface area contributed by atoms with Crippen molar-refractivity contribution in [2.24, 2.45) is 0 Å². The van der Waals surface area contributed by atoms with Crippen molar-refractivity contribution >= 4 is 11.4 Å². The Balaban J connectivity index is 2.57. The molecule has 0 aliphatic heterocycles. The molecule has 0 bridgehead atoms. The van der Waals surface area contributed by atoms with E-state index in [0.717, 1.165) is 5.69 Å². The summed E-state index contributed by atoms with van der Waals surface area (Å²) in [6.45, 7) is 4.12. The fraction of sp³-hybridized carbons (Fsp3) is 0.500. The molecule has 0 aliphatic carbocycles. The molecule has 1 aromatic carbocycles. The Morgan fingerprint density at radius 1 is 1.20 bits per heavy atom. The number of anilines is 2. The standard InChI is InChI=1S/C12H20N2O/c1-12(2,15)9-13-10-5-7-11(8-6-10)14(3)4/h5-8,13,15H,9H2,1-4H3. The van der Waals surface area contributed by atoms with Gasteiger partial charge in [0.1, 0.15) is 0 Å². The topological polar surface area (TPSA) is 35.5 Å². The number of rotatable bonds is 4. The second-order valence-electron chi connectivity index (χ2n) is 4.61. The summed E-state index contributed by atoms with van der Waals surface area (Å²) in [5.74, 6) is 0. The van der Waals surface area contributed by atoms with Gasteiger partial charge in [0.05, 0.1) is 5.60 Å². The molecule has 0 atom stereocenters. The highest BCUT2D eigenvalue weighted by atomic mass is 16.3. The summed E-state index contributed by atoms with van der Waals surface area (Å²) >= 11 is 0. The molecule has 0 aromatic heterocycles. The molecule has 0 unspecified atom stereocenters. The van der Waals surface area contributed by atoms with E-state index in [1.54, 1.807) is 13.8 Å². The fourth-order valence-corrected chi connectivity index (χ4v) is 1.20. The van der Waals surface area contributed by atoms with E-state index in [1.165, 1.54) is 5.69 Å². The lowest BCUT2D eigenvalue weighted by Gasteiger charge is -2.19. The summed E-state index contributed by atoms with van der Waals surface area (Å²) in [5.41, 5.74) is 1.52. The van der Waals surface area contributed by atoms with Crippen molar-refractivity contribution in [3.63, 3.8) is 0 Å². The molecule has 0 amide bonds. The van der Waals surface area contributed by atoms with Crippen molar-refractivity contribution in [1.29, 1.82) is 0 Å². The van der Waals surface area contributed by atoms with Crippen LogP contribution in [0.2, 0.25) is 0 Å². The normalized spacial score (nSPS) is 11.3. The zero-order chi connectivity index (χ0) is 11.5. The van der Waals surface area contributed by atoms with Gasteiger partial charge in [0.25, 0.3) is 0 Å². The molecule has 15 heavy (non-hydrogen) atoms. The van der Waals surface area contributed by atoms with E-state index in [2.05, 4.69) is 10.2 Å². The third-order valence-corrected chi connectivity index (χ3v) is 2.11. The summed E-state index contributed by atoms with van der Waals surface area (Å²) in [7, 11) is 4.03. The first kappa shape index (κ1) is 11.9. The van der Waals surface area contributed by atoms with Crippen molar-refractivity contribution in [2.75, 3.05) is 30.9 Å². The maximum absolute atomic E-state index is 9.55. The van der Waals surface area contributed by atoms with Crippen LogP contribution in [0.4, 0.5) is 11.4 Å². The van der Waals surface area contributed by atoms with E-state index in [0.29, 0.717) is 6.54 Å². The van der Waals surface area contributed by atoms with Crippen LogP contribution >= 0.6 is 0 Å². The summed E-state index contributed by atoms with van der Waals surface area (Å²) in [6.07, 6.45) is 0. The van der Waals surface area contributed by atoms with Crippen LogP contribution in [0.1, 0.15) is 13.8 Å². The molecule has 3 heteroatoms. The average Bonchev–Trinajstić information content (AvgIpc) is 2.14. The zero-order valence-electron chi connectivity index (χ0n) is 9.91. The second-order valence-corrected chi connectivity index (χ2v) is 4.61. The molecule has 0 spiro atoms. The zero-order valence-corrected chi connectivity index (χ0v) is 9.91.